The highest BCUT2D eigenvalue weighted by atomic mass is 16.2. The van der Waals surface area contributed by atoms with Gasteiger partial charge in [0.05, 0.1) is 0 Å². The molecule has 6 heteroatoms. The Bertz CT molecular complexity index is 696. The minimum absolute atomic E-state index is 0.161. The van der Waals surface area contributed by atoms with Crippen molar-refractivity contribution >= 4 is 17.8 Å². The van der Waals surface area contributed by atoms with Crippen molar-refractivity contribution in [2.45, 2.75) is 57.4 Å². The van der Waals surface area contributed by atoms with Crippen molar-refractivity contribution in [3.05, 3.63) is 35.9 Å². The van der Waals surface area contributed by atoms with Gasteiger partial charge in [-0.3, -0.25) is 14.5 Å². The number of urea groups is 1. The van der Waals surface area contributed by atoms with Gasteiger partial charge in [0.25, 0.3) is 5.91 Å². The number of nitrogens with zero attached hydrogens (tertiary/aromatic N) is 1. The molecule has 1 aliphatic carbocycles. The zero-order valence-electron chi connectivity index (χ0n) is 16.2. The largest absolute Gasteiger partial charge is 0.354 e. The van der Waals surface area contributed by atoms with Crippen LogP contribution in [0.1, 0.15) is 57.4 Å². The Hall–Kier alpha value is -2.37. The van der Waals surface area contributed by atoms with Crippen LogP contribution in [-0.4, -0.2) is 41.4 Å². The monoisotopic (exact) mass is 371 g/mol. The maximum atomic E-state index is 12.8. The van der Waals surface area contributed by atoms with Crippen molar-refractivity contribution < 1.29 is 14.4 Å². The molecule has 3 rings (SSSR count). The fourth-order valence-corrected chi connectivity index (χ4v) is 4.10. The molecule has 1 spiro atoms. The second kappa shape index (κ2) is 8.11. The van der Waals surface area contributed by atoms with Gasteiger partial charge in [-0.1, -0.05) is 50.6 Å². The number of carbonyl (C=O) groups is 3. The highest BCUT2D eigenvalue weighted by Crippen LogP contribution is 2.37. The molecule has 1 saturated heterocycles. The van der Waals surface area contributed by atoms with E-state index >= 15 is 0 Å². The van der Waals surface area contributed by atoms with Gasteiger partial charge in [0.15, 0.2) is 0 Å². The Balaban J connectivity index is 1.53. The second-order valence-electron chi connectivity index (χ2n) is 7.87. The lowest BCUT2D eigenvalue weighted by atomic mass is 9.75. The van der Waals surface area contributed by atoms with Gasteiger partial charge in [-0.25, -0.2) is 4.79 Å². The predicted molar refractivity (Wildman–Crippen MR) is 103 cm³/mol. The molecule has 1 atom stereocenters. The molecule has 0 bridgehead atoms. The van der Waals surface area contributed by atoms with Crippen molar-refractivity contribution in [1.29, 1.82) is 0 Å². The Morgan fingerprint density at radius 3 is 2.56 bits per heavy atom. The van der Waals surface area contributed by atoms with E-state index in [9.17, 15) is 14.4 Å². The molecule has 1 aliphatic heterocycles. The van der Waals surface area contributed by atoms with E-state index in [1.165, 1.54) is 0 Å². The Labute approximate surface area is 160 Å². The van der Waals surface area contributed by atoms with Crippen LogP contribution in [0.4, 0.5) is 4.79 Å². The van der Waals surface area contributed by atoms with E-state index in [0.29, 0.717) is 25.3 Å². The summed E-state index contributed by atoms with van der Waals surface area (Å²) in [6, 6.07) is 9.48. The summed E-state index contributed by atoms with van der Waals surface area (Å²) in [7, 11) is 0. The van der Waals surface area contributed by atoms with E-state index in [2.05, 4.69) is 17.6 Å². The molecule has 1 saturated carbocycles. The molecule has 6 nitrogen and oxygen atoms in total. The van der Waals surface area contributed by atoms with Gasteiger partial charge in [-0.2, -0.15) is 0 Å². The van der Waals surface area contributed by atoms with E-state index < -0.39 is 11.6 Å². The van der Waals surface area contributed by atoms with Crippen LogP contribution in [0, 0.1) is 5.92 Å². The second-order valence-corrected chi connectivity index (χ2v) is 7.87. The summed E-state index contributed by atoms with van der Waals surface area (Å²) in [6.45, 7) is 4.44. The SMILES string of the molecule is CCC1CCC2(CC1)NC(=O)N(CC(=O)NC[C@H](C)c1ccccc1)C2=O. The molecule has 0 radical (unpaired) electrons. The zero-order valence-corrected chi connectivity index (χ0v) is 16.2. The molecular formula is C21H29N3O3. The summed E-state index contributed by atoms with van der Waals surface area (Å²) in [5, 5.41) is 5.71. The van der Waals surface area contributed by atoms with Crippen molar-refractivity contribution in [1.82, 2.24) is 15.5 Å². The topological polar surface area (TPSA) is 78.5 Å². The molecule has 27 heavy (non-hydrogen) atoms. The number of nitrogens with one attached hydrogen (secondary N) is 2. The minimum Gasteiger partial charge on any atom is -0.354 e. The average molecular weight is 371 g/mol. The van der Waals surface area contributed by atoms with E-state index in [1.807, 2.05) is 37.3 Å². The summed E-state index contributed by atoms with van der Waals surface area (Å²) in [6.07, 6.45) is 4.32. The van der Waals surface area contributed by atoms with Crippen LogP contribution in [0.15, 0.2) is 30.3 Å². The molecule has 2 N–H and O–H groups in total. The third-order valence-corrected chi connectivity index (χ3v) is 6.06. The number of hydrogen-bond acceptors (Lipinski definition) is 3. The van der Waals surface area contributed by atoms with Gasteiger partial charge in [-0.05, 0) is 43.1 Å². The standard InChI is InChI=1S/C21H29N3O3/c1-3-16-9-11-21(12-10-16)19(26)24(20(27)23-21)14-18(25)22-13-15(2)17-7-5-4-6-8-17/h4-8,15-16H,3,9-14H2,1-2H3,(H,22,25)(H,23,27)/t15-,16?,21?/m0/s1. The Morgan fingerprint density at radius 2 is 1.93 bits per heavy atom. The quantitative estimate of drug-likeness (QED) is 0.755. The lowest BCUT2D eigenvalue weighted by Crippen LogP contribution is -2.50. The summed E-state index contributed by atoms with van der Waals surface area (Å²) >= 11 is 0. The average Bonchev–Trinajstić information content (AvgIpc) is 2.91. The highest BCUT2D eigenvalue weighted by Gasteiger charge is 2.52. The van der Waals surface area contributed by atoms with Gasteiger partial charge in [0, 0.05) is 6.54 Å². The first-order chi connectivity index (χ1) is 12.9. The number of rotatable bonds is 6. The van der Waals surface area contributed by atoms with Crippen LogP contribution < -0.4 is 10.6 Å². The third-order valence-electron chi connectivity index (χ3n) is 6.06. The first kappa shape index (κ1) is 19.4. The fraction of sp³-hybridized carbons (Fsp3) is 0.571. The summed E-state index contributed by atoms with van der Waals surface area (Å²) in [5.41, 5.74) is 0.347. The molecule has 4 amide bonds. The molecule has 1 heterocycles. The fourth-order valence-electron chi connectivity index (χ4n) is 4.10. The van der Waals surface area contributed by atoms with Gasteiger partial charge in [0.2, 0.25) is 5.91 Å². The van der Waals surface area contributed by atoms with Gasteiger partial charge >= 0.3 is 6.03 Å². The molecule has 1 aromatic rings. The molecule has 146 valence electrons. The first-order valence-electron chi connectivity index (χ1n) is 9.91. The van der Waals surface area contributed by atoms with Crippen molar-refractivity contribution in [3.63, 3.8) is 0 Å². The van der Waals surface area contributed by atoms with Crippen molar-refractivity contribution in [3.8, 4) is 0 Å². The Morgan fingerprint density at radius 1 is 1.26 bits per heavy atom. The van der Waals surface area contributed by atoms with Crippen molar-refractivity contribution in [2.75, 3.05) is 13.1 Å². The number of carbonyl (C=O) groups excluding carboxylic acids is 3. The molecule has 0 unspecified atom stereocenters. The number of imide groups is 1. The lowest BCUT2D eigenvalue weighted by molar-refractivity contribution is -0.136. The molecule has 2 fully saturated rings. The van der Waals surface area contributed by atoms with Crippen LogP contribution in [0.25, 0.3) is 0 Å². The van der Waals surface area contributed by atoms with E-state index in [-0.39, 0.29) is 24.3 Å². The van der Waals surface area contributed by atoms with E-state index in [0.717, 1.165) is 29.7 Å². The van der Waals surface area contributed by atoms with Crippen LogP contribution in [-0.2, 0) is 9.59 Å². The molecule has 2 aliphatic rings. The normalized spacial score (nSPS) is 26.1. The third kappa shape index (κ3) is 4.15. The maximum absolute atomic E-state index is 12.8. The maximum Gasteiger partial charge on any atom is 0.325 e. The first-order valence-corrected chi connectivity index (χ1v) is 9.91. The Kier molecular flexibility index (Phi) is 5.82. The lowest BCUT2D eigenvalue weighted by Gasteiger charge is -2.34. The summed E-state index contributed by atoms with van der Waals surface area (Å²) in [5.74, 6) is 0.236. The molecule has 0 aromatic heterocycles. The number of hydrogen-bond donors (Lipinski definition) is 2. The highest BCUT2D eigenvalue weighted by molar-refractivity contribution is 6.09. The van der Waals surface area contributed by atoms with Crippen LogP contribution in [0.5, 0.6) is 0 Å². The van der Waals surface area contributed by atoms with Crippen LogP contribution >= 0.6 is 0 Å². The zero-order chi connectivity index (χ0) is 19.4. The van der Waals surface area contributed by atoms with Crippen molar-refractivity contribution in [2.24, 2.45) is 5.92 Å². The number of amides is 4. The smallest absolute Gasteiger partial charge is 0.325 e. The predicted octanol–water partition coefficient (Wildman–Crippen LogP) is 2.80. The summed E-state index contributed by atoms with van der Waals surface area (Å²) < 4.78 is 0. The molecular weight excluding hydrogens is 342 g/mol. The van der Waals surface area contributed by atoms with Gasteiger partial charge in [-0.15, -0.1) is 0 Å². The van der Waals surface area contributed by atoms with Crippen LogP contribution in [0.3, 0.4) is 0 Å². The molecule has 1 aromatic carbocycles. The van der Waals surface area contributed by atoms with Gasteiger partial charge in [0.1, 0.15) is 12.1 Å². The van der Waals surface area contributed by atoms with E-state index in [4.69, 9.17) is 0 Å². The minimum atomic E-state index is -0.791. The summed E-state index contributed by atoms with van der Waals surface area (Å²) in [4.78, 5) is 38.6. The van der Waals surface area contributed by atoms with Gasteiger partial charge < -0.3 is 10.6 Å². The van der Waals surface area contributed by atoms with Crippen LogP contribution in [0.2, 0.25) is 0 Å². The number of benzene rings is 1. The van der Waals surface area contributed by atoms with E-state index in [1.54, 1.807) is 0 Å².